The van der Waals surface area contributed by atoms with Crippen molar-refractivity contribution in [2.75, 3.05) is 0 Å². The smallest absolute Gasteiger partial charge is 0.352 e. The molecule has 0 spiro atoms. The van der Waals surface area contributed by atoms with E-state index in [1.807, 2.05) is 30.5 Å². The highest BCUT2D eigenvalue weighted by atomic mass is 127. The van der Waals surface area contributed by atoms with Gasteiger partial charge in [0.05, 0.1) is 5.69 Å². The molecule has 0 radical (unpaired) electrons. The molecule has 0 unspecified atom stereocenters. The fourth-order valence-electron chi connectivity index (χ4n) is 1.44. The first kappa shape index (κ1) is 11.9. The molecule has 1 heterocycles. The summed E-state index contributed by atoms with van der Waals surface area (Å²) in [5, 5.41) is 9.10. The molecule has 0 saturated heterocycles. The number of benzene rings is 1. The van der Waals surface area contributed by atoms with Crippen molar-refractivity contribution < 1.29 is 9.90 Å². The molecule has 2 aromatic rings. The Hall–Kier alpha value is -0.570. The van der Waals surface area contributed by atoms with Gasteiger partial charge in [-0.2, -0.15) is 0 Å². The van der Waals surface area contributed by atoms with Crippen molar-refractivity contribution in [2.45, 2.75) is 0 Å². The summed E-state index contributed by atoms with van der Waals surface area (Å²) >= 11 is 4.31. The van der Waals surface area contributed by atoms with Gasteiger partial charge in [0.1, 0.15) is 5.69 Å². The van der Waals surface area contributed by atoms with Crippen LogP contribution in [0.1, 0.15) is 10.5 Å². The molecule has 82 valence electrons. The van der Waals surface area contributed by atoms with E-state index >= 15 is 0 Å². The quantitative estimate of drug-likeness (QED) is 0.730. The molecule has 3 nitrogen and oxygen atoms in total. The van der Waals surface area contributed by atoms with Crippen LogP contribution in [0.4, 0.5) is 0 Å². The number of nitrogens with zero attached hydrogens (tertiary/aromatic N) is 1. The van der Waals surface area contributed by atoms with Gasteiger partial charge in [-0.1, -0.05) is 12.1 Å². The molecule has 0 amide bonds. The maximum absolute atomic E-state index is 11.1. The summed E-state index contributed by atoms with van der Waals surface area (Å²) in [6, 6.07) is 9.35. The Morgan fingerprint density at radius 2 is 1.94 bits per heavy atom. The van der Waals surface area contributed by atoms with E-state index in [4.69, 9.17) is 5.11 Å². The van der Waals surface area contributed by atoms with Crippen LogP contribution >= 0.6 is 45.2 Å². The minimum Gasteiger partial charge on any atom is -0.477 e. The Morgan fingerprint density at radius 3 is 2.56 bits per heavy atom. The SMILES string of the molecule is O=C(O)c1cc(I)cn1-c1ccccc1I. The van der Waals surface area contributed by atoms with Crippen molar-refractivity contribution in [3.05, 3.63) is 49.4 Å². The lowest BCUT2D eigenvalue weighted by atomic mass is 10.3. The van der Waals surface area contributed by atoms with E-state index in [0.717, 1.165) is 12.8 Å². The van der Waals surface area contributed by atoms with Crippen molar-refractivity contribution in [1.29, 1.82) is 0 Å². The van der Waals surface area contributed by atoms with Gasteiger partial charge in [0.25, 0.3) is 0 Å². The molecule has 0 aliphatic carbocycles. The summed E-state index contributed by atoms with van der Waals surface area (Å²) in [4.78, 5) is 11.1. The number of halogens is 2. The van der Waals surface area contributed by atoms with Crippen LogP contribution in [0.25, 0.3) is 5.69 Å². The van der Waals surface area contributed by atoms with Crippen molar-refractivity contribution in [2.24, 2.45) is 0 Å². The second-order valence-electron chi connectivity index (χ2n) is 3.17. The molecular formula is C11H7I2NO2. The van der Waals surface area contributed by atoms with Gasteiger partial charge in [0.15, 0.2) is 0 Å². The number of carboxylic acids is 1. The van der Waals surface area contributed by atoms with E-state index in [-0.39, 0.29) is 5.69 Å². The van der Waals surface area contributed by atoms with E-state index in [0.29, 0.717) is 0 Å². The van der Waals surface area contributed by atoms with E-state index < -0.39 is 5.97 Å². The molecule has 0 fully saturated rings. The molecule has 0 atom stereocenters. The average molecular weight is 439 g/mol. The highest BCUT2D eigenvalue weighted by molar-refractivity contribution is 14.1. The third-order valence-electron chi connectivity index (χ3n) is 2.12. The predicted octanol–water partition coefficient (Wildman–Crippen LogP) is 3.38. The molecule has 0 saturated carbocycles. The van der Waals surface area contributed by atoms with Crippen molar-refractivity contribution >= 4 is 51.2 Å². The molecule has 0 aliphatic heterocycles. The highest BCUT2D eigenvalue weighted by Gasteiger charge is 2.14. The number of aromatic carboxylic acids is 1. The van der Waals surface area contributed by atoms with E-state index in [2.05, 4.69) is 45.2 Å². The third kappa shape index (κ3) is 2.24. The van der Waals surface area contributed by atoms with Crippen LogP contribution in [-0.4, -0.2) is 15.6 Å². The normalized spacial score (nSPS) is 10.4. The van der Waals surface area contributed by atoms with Gasteiger partial charge < -0.3 is 9.67 Å². The molecule has 5 heteroatoms. The molecule has 0 bridgehead atoms. The molecule has 1 N–H and O–H groups in total. The predicted molar refractivity (Wildman–Crippen MR) is 78.2 cm³/mol. The van der Waals surface area contributed by atoms with Gasteiger partial charge in [0.2, 0.25) is 0 Å². The number of aromatic nitrogens is 1. The van der Waals surface area contributed by atoms with Gasteiger partial charge >= 0.3 is 5.97 Å². The lowest BCUT2D eigenvalue weighted by molar-refractivity contribution is 0.0688. The lowest BCUT2D eigenvalue weighted by Gasteiger charge is -2.07. The summed E-state index contributed by atoms with van der Waals surface area (Å²) in [6.45, 7) is 0. The average Bonchev–Trinajstić information content (AvgIpc) is 2.61. The zero-order chi connectivity index (χ0) is 11.7. The maximum Gasteiger partial charge on any atom is 0.352 e. The Morgan fingerprint density at radius 1 is 1.25 bits per heavy atom. The first-order valence-electron chi connectivity index (χ1n) is 4.45. The van der Waals surface area contributed by atoms with E-state index in [9.17, 15) is 4.79 Å². The third-order valence-corrected chi connectivity index (χ3v) is 3.62. The molecule has 16 heavy (non-hydrogen) atoms. The van der Waals surface area contributed by atoms with Gasteiger partial charge in [-0.15, -0.1) is 0 Å². The highest BCUT2D eigenvalue weighted by Crippen LogP contribution is 2.21. The topological polar surface area (TPSA) is 42.2 Å². The summed E-state index contributed by atoms with van der Waals surface area (Å²) < 4.78 is 3.63. The van der Waals surface area contributed by atoms with Crippen LogP contribution in [0.3, 0.4) is 0 Å². The summed E-state index contributed by atoms with van der Waals surface area (Å²) in [7, 11) is 0. The first-order chi connectivity index (χ1) is 7.59. The standard InChI is InChI=1S/C11H7I2NO2/c12-7-5-10(11(15)16)14(6-7)9-4-2-1-3-8(9)13/h1-6H,(H,15,16). The Balaban J connectivity index is 2.64. The Bertz CT molecular complexity index is 549. The zero-order valence-electron chi connectivity index (χ0n) is 8.02. The van der Waals surface area contributed by atoms with Gasteiger partial charge in [-0.05, 0) is 63.4 Å². The van der Waals surface area contributed by atoms with Crippen molar-refractivity contribution in [3.8, 4) is 5.69 Å². The minimum absolute atomic E-state index is 0.286. The number of para-hydroxylation sites is 1. The van der Waals surface area contributed by atoms with E-state index in [1.54, 1.807) is 10.6 Å². The first-order valence-corrected chi connectivity index (χ1v) is 6.61. The number of hydrogen-bond donors (Lipinski definition) is 1. The lowest BCUT2D eigenvalue weighted by Crippen LogP contribution is -2.06. The summed E-state index contributed by atoms with van der Waals surface area (Å²) in [6.07, 6.45) is 1.82. The van der Waals surface area contributed by atoms with E-state index in [1.165, 1.54) is 0 Å². The van der Waals surface area contributed by atoms with Gasteiger partial charge in [-0.25, -0.2) is 4.79 Å². The van der Waals surface area contributed by atoms with Crippen LogP contribution in [-0.2, 0) is 0 Å². The molecular weight excluding hydrogens is 432 g/mol. The monoisotopic (exact) mass is 439 g/mol. The zero-order valence-corrected chi connectivity index (χ0v) is 12.3. The van der Waals surface area contributed by atoms with Gasteiger partial charge in [0, 0.05) is 13.3 Å². The van der Waals surface area contributed by atoms with Crippen LogP contribution in [0, 0.1) is 7.14 Å². The van der Waals surface area contributed by atoms with Crippen LogP contribution in [0.15, 0.2) is 36.5 Å². The number of carbonyl (C=O) groups is 1. The number of hydrogen-bond acceptors (Lipinski definition) is 1. The van der Waals surface area contributed by atoms with Crippen LogP contribution in [0.5, 0.6) is 0 Å². The second kappa shape index (κ2) is 4.74. The van der Waals surface area contributed by atoms with Crippen LogP contribution < -0.4 is 0 Å². The fourth-order valence-corrected chi connectivity index (χ4v) is 2.66. The fraction of sp³-hybridized carbons (Fsp3) is 0. The minimum atomic E-state index is -0.914. The summed E-state index contributed by atoms with van der Waals surface area (Å²) in [5.41, 5.74) is 1.18. The Labute approximate surface area is 120 Å². The molecule has 2 rings (SSSR count). The number of carboxylic acid groups (broad SMARTS) is 1. The maximum atomic E-state index is 11.1. The number of rotatable bonds is 2. The molecule has 0 aliphatic rings. The van der Waals surface area contributed by atoms with Crippen LogP contribution in [0.2, 0.25) is 0 Å². The summed E-state index contributed by atoms with van der Waals surface area (Å²) in [5.74, 6) is -0.914. The van der Waals surface area contributed by atoms with Crippen molar-refractivity contribution in [1.82, 2.24) is 4.57 Å². The largest absolute Gasteiger partial charge is 0.477 e. The Kier molecular flexibility index (Phi) is 3.53. The van der Waals surface area contributed by atoms with Gasteiger partial charge in [-0.3, -0.25) is 0 Å². The van der Waals surface area contributed by atoms with Crippen molar-refractivity contribution in [3.63, 3.8) is 0 Å². The molecule has 1 aromatic carbocycles. The second-order valence-corrected chi connectivity index (χ2v) is 5.58. The molecule has 1 aromatic heterocycles.